The van der Waals surface area contributed by atoms with Gasteiger partial charge >= 0.3 is 0 Å². The lowest BCUT2D eigenvalue weighted by Crippen LogP contribution is -1.90. The molecule has 0 spiro atoms. The van der Waals surface area contributed by atoms with E-state index in [0.29, 0.717) is 0 Å². The Labute approximate surface area is 82.2 Å². The normalized spacial score (nSPS) is 10.1. The van der Waals surface area contributed by atoms with Gasteiger partial charge in [0.1, 0.15) is 5.76 Å². The maximum Gasteiger partial charge on any atom is 0.159 e. The Morgan fingerprint density at radius 1 is 1.14 bits per heavy atom. The van der Waals surface area contributed by atoms with Crippen molar-refractivity contribution in [2.45, 2.75) is 6.92 Å². The van der Waals surface area contributed by atoms with Crippen LogP contribution in [0.1, 0.15) is 17.3 Å². The van der Waals surface area contributed by atoms with Gasteiger partial charge in [0.2, 0.25) is 0 Å². The van der Waals surface area contributed by atoms with Gasteiger partial charge in [0, 0.05) is 11.1 Å². The Bertz CT molecular complexity index is 424. The monoisotopic (exact) mass is 186 g/mol. The molecule has 0 fully saturated rings. The Hall–Kier alpha value is -1.83. The number of hydrogen-bond acceptors (Lipinski definition) is 2. The van der Waals surface area contributed by atoms with Crippen molar-refractivity contribution in [1.29, 1.82) is 0 Å². The van der Waals surface area contributed by atoms with Crippen LogP contribution < -0.4 is 0 Å². The first-order valence-corrected chi connectivity index (χ1v) is 4.42. The van der Waals surface area contributed by atoms with E-state index >= 15 is 0 Å². The molecule has 0 N–H and O–H groups in total. The molecule has 0 radical (unpaired) electrons. The zero-order valence-corrected chi connectivity index (χ0v) is 7.86. The summed E-state index contributed by atoms with van der Waals surface area (Å²) >= 11 is 0. The van der Waals surface area contributed by atoms with E-state index in [1.165, 1.54) is 0 Å². The summed E-state index contributed by atoms with van der Waals surface area (Å²) in [5.74, 6) is 0.899. The summed E-state index contributed by atoms with van der Waals surface area (Å²) in [6.07, 6.45) is 1.63. The summed E-state index contributed by atoms with van der Waals surface area (Å²) in [6.45, 7) is 1.56. The second kappa shape index (κ2) is 3.50. The van der Waals surface area contributed by atoms with E-state index in [1.54, 1.807) is 25.3 Å². The highest BCUT2D eigenvalue weighted by Crippen LogP contribution is 2.19. The molecule has 1 aromatic heterocycles. The molecule has 70 valence electrons. The van der Waals surface area contributed by atoms with Crippen molar-refractivity contribution in [3.8, 4) is 11.3 Å². The van der Waals surface area contributed by atoms with Crippen LogP contribution in [0.5, 0.6) is 0 Å². The molecule has 0 saturated heterocycles. The third-order valence-corrected chi connectivity index (χ3v) is 2.10. The number of carbonyl (C=O) groups excluding carboxylic acids is 1. The van der Waals surface area contributed by atoms with Gasteiger partial charge in [-0.25, -0.2) is 0 Å². The molecule has 0 aliphatic heterocycles. The Balaban J connectivity index is 2.36. The molecule has 1 aromatic carbocycles. The third kappa shape index (κ3) is 1.59. The molecule has 0 aliphatic rings. The average molecular weight is 186 g/mol. The maximum absolute atomic E-state index is 11.0. The second-order valence-corrected chi connectivity index (χ2v) is 3.11. The quantitative estimate of drug-likeness (QED) is 0.674. The lowest BCUT2D eigenvalue weighted by atomic mass is 10.1. The molecule has 0 saturated carbocycles. The van der Waals surface area contributed by atoms with E-state index < -0.39 is 0 Å². The molecule has 1 heterocycles. The van der Waals surface area contributed by atoms with Crippen LogP contribution in [0.25, 0.3) is 11.3 Å². The van der Waals surface area contributed by atoms with Crippen molar-refractivity contribution in [2.24, 2.45) is 0 Å². The molecular weight excluding hydrogens is 176 g/mol. The van der Waals surface area contributed by atoms with Crippen molar-refractivity contribution >= 4 is 5.78 Å². The predicted molar refractivity (Wildman–Crippen MR) is 54.1 cm³/mol. The fourth-order valence-corrected chi connectivity index (χ4v) is 1.31. The minimum atomic E-state index is 0.0796. The number of Topliss-reactive ketones (excluding diaryl/α,β-unsaturated/α-hetero) is 1. The topological polar surface area (TPSA) is 30.2 Å². The number of ketones is 1. The fourth-order valence-electron chi connectivity index (χ4n) is 1.31. The molecule has 2 heteroatoms. The standard InChI is InChI=1S/C12H10O2/c1-9(13)10-4-6-11(7-5-10)12-3-2-8-14-12/h2-8H,1H3. The summed E-state index contributed by atoms with van der Waals surface area (Å²) in [5.41, 5.74) is 1.71. The summed E-state index contributed by atoms with van der Waals surface area (Å²) in [7, 11) is 0. The highest BCUT2D eigenvalue weighted by Gasteiger charge is 2.01. The minimum Gasteiger partial charge on any atom is -0.464 e. The van der Waals surface area contributed by atoms with Gasteiger partial charge in [0.15, 0.2) is 5.78 Å². The number of hydrogen-bond donors (Lipinski definition) is 0. The molecule has 14 heavy (non-hydrogen) atoms. The van der Waals surface area contributed by atoms with Crippen molar-refractivity contribution < 1.29 is 9.21 Å². The van der Waals surface area contributed by atoms with E-state index in [2.05, 4.69) is 0 Å². The highest BCUT2D eigenvalue weighted by atomic mass is 16.3. The van der Waals surface area contributed by atoms with Crippen LogP contribution in [-0.2, 0) is 0 Å². The minimum absolute atomic E-state index is 0.0796. The molecular formula is C12H10O2. The zero-order valence-electron chi connectivity index (χ0n) is 7.86. The molecule has 0 atom stereocenters. The van der Waals surface area contributed by atoms with E-state index in [1.807, 2.05) is 24.3 Å². The molecule has 2 nitrogen and oxygen atoms in total. The maximum atomic E-state index is 11.0. The summed E-state index contributed by atoms with van der Waals surface area (Å²) < 4.78 is 5.23. The van der Waals surface area contributed by atoms with Gasteiger partial charge in [-0.2, -0.15) is 0 Å². The zero-order chi connectivity index (χ0) is 9.97. The molecule has 0 aliphatic carbocycles. The molecule has 2 rings (SSSR count). The summed E-state index contributed by atoms with van der Waals surface area (Å²) in [6, 6.07) is 11.1. The second-order valence-electron chi connectivity index (χ2n) is 3.11. The van der Waals surface area contributed by atoms with Crippen molar-refractivity contribution in [1.82, 2.24) is 0 Å². The lowest BCUT2D eigenvalue weighted by Gasteiger charge is -1.98. The van der Waals surface area contributed by atoms with E-state index in [9.17, 15) is 4.79 Å². The van der Waals surface area contributed by atoms with Gasteiger partial charge in [-0.1, -0.05) is 24.3 Å². The van der Waals surface area contributed by atoms with E-state index in [4.69, 9.17) is 4.42 Å². The van der Waals surface area contributed by atoms with Gasteiger partial charge in [-0.05, 0) is 19.1 Å². The van der Waals surface area contributed by atoms with Crippen LogP contribution in [0.15, 0.2) is 47.1 Å². The van der Waals surface area contributed by atoms with E-state index in [0.717, 1.165) is 16.9 Å². The highest BCUT2D eigenvalue weighted by molar-refractivity contribution is 5.94. The first-order chi connectivity index (χ1) is 6.77. The van der Waals surface area contributed by atoms with Crippen LogP contribution >= 0.6 is 0 Å². The van der Waals surface area contributed by atoms with Crippen LogP contribution in [0.2, 0.25) is 0 Å². The van der Waals surface area contributed by atoms with Crippen molar-refractivity contribution in [3.63, 3.8) is 0 Å². The van der Waals surface area contributed by atoms with Gasteiger partial charge in [0.25, 0.3) is 0 Å². The third-order valence-electron chi connectivity index (χ3n) is 2.10. The van der Waals surface area contributed by atoms with E-state index in [-0.39, 0.29) is 5.78 Å². The number of furan rings is 1. The van der Waals surface area contributed by atoms with Crippen LogP contribution in [0.3, 0.4) is 0 Å². The van der Waals surface area contributed by atoms with Crippen LogP contribution in [0.4, 0.5) is 0 Å². The van der Waals surface area contributed by atoms with Gasteiger partial charge < -0.3 is 4.42 Å². The van der Waals surface area contributed by atoms with Gasteiger partial charge in [-0.15, -0.1) is 0 Å². The molecule has 0 bridgehead atoms. The van der Waals surface area contributed by atoms with Crippen LogP contribution in [0, 0.1) is 0 Å². The SMILES string of the molecule is CC(=O)c1ccc(-c2ccco2)cc1. The smallest absolute Gasteiger partial charge is 0.159 e. The summed E-state index contributed by atoms with van der Waals surface area (Å²) in [5, 5.41) is 0. The Morgan fingerprint density at radius 2 is 1.86 bits per heavy atom. The molecule has 0 unspecified atom stereocenters. The largest absolute Gasteiger partial charge is 0.464 e. The lowest BCUT2D eigenvalue weighted by molar-refractivity contribution is 0.101. The molecule has 0 amide bonds. The summed E-state index contributed by atoms with van der Waals surface area (Å²) in [4.78, 5) is 11.0. The number of carbonyl (C=O) groups is 1. The van der Waals surface area contributed by atoms with Gasteiger partial charge in [-0.3, -0.25) is 4.79 Å². The predicted octanol–water partition coefficient (Wildman–Crippen LogP) is 3.15. The van der Waals surface area contributed by atoms with Crippen molar-refractivity contribution in [3.05, 3.63) is 48.2 Å². The number of rotatable bonds is 2. The first-order valence-electron chi connectivity index (χ1n) is 4.42. The Morgan fingerprint density at radius 3 is 2.36 bits per heavy atom. The van der Waals surface area contributed by atoms with Crippen LogP contribution in [-0.4, -0.2) is 5.78 Å². The number of benzene rings is 1. The van der Waals surface area contributed by atoms with Gasteiger partial charge in [0.05, 0.1) is 6.26 Å². The Kier molecular flexibility index (Phi) is 2.19. The fraction of sp³-hybridized carbons (Fsp3) is 0.0833. The van der Waals surface area contributed by atoms with Crippen molar-refractivity contribution in [2.75, 3.05) is 0 Å². The first kappa shape index (κ1) is 8.75. The average Bonchev–Trinajstić information content (AvgIpc) is 2.71. The molecule has 2 aromatic rings.